The Morgan fingerprint density at radius 3 is 3.00 bits per heavy atom. The Bertz CT molecular complexity index is 432. The van der Waals surface area contributed by atoms with E-state index in [1.54, 1.807) is 0 Å². The van der Waals surface area contributed by atoms with Crippen LogP contribution >= 0.6 is 0 Å². The van der Waals surface area contributed by atoms with Crippen molar-refractivity contribution in [1.29, 1.82) is 0 Å². The highest BCUT2D eigenvalue weighted by Gasteiger charge is 2.24. The van der Waals surface area contributed by atoms with Crippen LogP contribution in [0.15, 0.2) is 29.2 Å². The maximum atomic E-state index is 11.6. The smallest absolute Gasteiger partial charge is 0.270 e. The molecule has 1 saturated heterocycles. The Morgan fingerprint density at radius 1 is 1.62 bits per heavy atom. The van der Waals surface area contributed by atoms with Gasteiger partial charge in [0.15, 0.2) is 11.1 Å². The van der Waals surface area contributed by atoms with Crippen molar-refractivity contribution in [3.8, 4) is 0 Å². The van der Waals surface area contributed by atoms with Crippen LogP contribution in [0.25, 0.3) is 0 Å². The summed E-state index contributed by atoms with van der Waals surface area (Å²) in [6.45, 7) is 0.863. The number of non-ortho nitro benzene ring substituents is 1. The Labute approximate surface area is 94.0 Å². The van der Waals surface area contributed by atoms with Gasteiger partial charge in [0.1, 0.15) is 6.10 Å². The van der Waals surface area contributed by atoms with E-state index in [4.69, 9.17) is 8.92 Å². The molecule has 0 aromatic heterocycles. The molecule has 86 valence electrons. The van der Waals surface area contributed by atoms with Gasteiger partial charge in [-0.1, -0.05) is 6.07 Å². The summed E-state index contributed by atoms with van der Waals surface area (Å²) in [6.07, 6.45) is 0.0163. The van der Waals surface area contributed by atoms with Gasteiger partial charge >= 0.3 is 0 Å². The number of hydrogen-bond donors (Lipinski definition) is 0. The van der Waals surface area contributed by atoms with E-state index in [1.807, 2.05) is 0 Å². The molecule has 2 rings (SSSR count). The Balaban J connectivity index is 2.03. The van der Waals surface area contributed by atoms with Crippen molar-refractivity contribution in [1.82, 2.24) is 0 Å². The van der Waals surface area contributed by atoms with Gasteiger partial charge in [-0.05, 0) is 6.07 Å². The highest BCUT2D eigenvalue weighted by molar-refractivity contribution is 7.80. The zero-order chi connectivity index (χ0) is 11.5. The van der Waals surface area contributed by atoms with E-state index in [-0.39, 0.29) is 23.3 Å². The molecule has 2 unspecified atom stereocenters. The molecule has 1 fully saturated rings. The SMILES string of the molecule is O=[N+]([O-])c1cccc(S(=O)OCC2CO2)c1. The lowest BCUT2D eigenvalue weighted by atomic mass is 10.3. The summed E-state index contributed by atoms with van der Waals surface area (Å²) in [7, 11) is 0. The van der Waals surface area contributed by atoms with E-state index in [9.17, 15) is 14.3 Å². The normalized spacial score (nSPS) is 20.4. The van der Waals surface area contributed by atoms with Crippen LogP contribution in [0.1, 0.15) is 0 Å². The molecule has 16 heavy (non-hydrogen) atoms. The molecule has 0 amide bonds. The van der Waals surface area contributed by atoms with E-state index in [1.165, 1.54) is 24.3 Å². The minimum Gasteiger partial charge on any atom is -0.371 e. The predicted molar refractivity (Wildman–Crippen MR) is 55.2 cm³/mol. The molecular weight excluding hydrogens is 234 g/mol. The van der Waals surface area contributed by atoms with E-state index < -0.39 is 16.0 Å². The summed E-state index contributed by atoms with van der Waals surface area (Å²) < 4.78 is 21.5. The van der Waals surface area contributed by atoms with Crippen molar-refractivity contribution in [2.24, 2.45) is 0 Å². The molecule has 1 aromatic carbocycles. The van der Waals surface area contributed by atoms with Gasteiger partial charge < -0.3 is 4.74 Å². The van der Waals surface area contributed by atoms with Crippen molar-refractivity contribution in [2.75, 3.05) is 13.2 Å². The van der Waals surface area contributed by atoms with Crippen molar-refractivity contribution in [3.63, 3.8) is 0 Å². The number of rotatable bonds is 5. The first kappa shape index (κ1) is 11.2. The van der Waals surface area contributed by atoms with Crippen molar-refractivity contribution >= 4 is 16.8 Å². The van der Waals surface area contributed by atoms with Gasteiger partial charge in [0.05, 0.1) is 23.0 Å². The molecular formula is C9H9NO5S. The van der Waals surface area contributed by atoms with Crippen molar-refractivity contribution in [2.45, 2.75) is 11.0 Å². The predicted octanol–water partition coefficient (Wildman–Crippen LogP) is 1.03. The quantitative estimate of drug-likeness (QED) is 0.438. The molecule has 2 atom stereocenters. The standard InChI is InChI=1S/C9H9NO5S/c11-10(12)7-2-1-3-9(4-7)16(13)15-6-8-5-14-8/h1-4,8H,5-6H2. The Morgan fingerprint density at radius 2 is 2.38 bits per heavy atom. The van der Waals surface area contributed by atoms with Crippen LogP contribution in [0.2, 0.25) is 0 Å². The number of benzene rings is 1. The third-order valence-corrected chi connectivity index (χ3v) is 2.97. The lowest BCUT2D eigenvalue weighted by Crippen LogP contribution is -2.05. The lowest BCUT2D eigenvalue weighted by Gasteiger charge is -2.01. The second-order valence-electron chi connectivity index (χ2n) is 3.23. The summed E-state index contributed by atoms with van der Waals surface area (Å²) in [5, 5.41) is 10.5. The highest BCUT2D eigenvalue weighted by Crippen LogP contribution is 2.18. The fourth-order valence-electron chi connectivity index (χ4n) is 1.07. The summed E-state index contributed by atoms with van der Waals surface area (Å²) in [4.78, 5) is 10.2. The number of nitro groups is 1. The van der Waals surface area contributed by atoms with Gasteiger partial charge in [0.2, 0.25) is 0 Å². The molecule has 0 bridgehead atoms. The summed E-state index contributed by atoms with van der Waals surface area (Å²) in [6, 6.07) is 5.58. The second-order valence-corrected chi connectivity index (χ2v) is 4.41. The van der Waals surface area contributed by atoms with Crippen LogP contribution in [-0.4, -0.2) is 28.4 Å². The first-order valence-electron chi connectivity index (χ1n) is 4.58. The minimum absolute atomic E-state index is 0.0163. The van der Waals surface area contributed by atoms with Gasteiger partial charge in [0.25, 0.3) is 5.69 Å². The fraction of sp³-hybridized carbons (Fsp3) is 0.333. The Hall–Kier alpha value is -1.31. The molecule has 0 aliphatic carbocycles. The summed E-state index contributed by atoms with van der Waals surface area (Å²) >= 11 is -1.68. The third-order valence-electron chi connectivity index (χ3n) is 1.98. The third kappa shape index (κ3) is 2.84. The summed E-state index contributed by atoms with van der Waals surface area (Å²) in [5.74, 6) is 0. The zero-order valence-corrected chi connectivity index (χ0v) is 9.01. The first-order chi connectivity index (χ1) is 7.66. The number of epoxide rings is 1. The fourth-order valence-corrected chi connectivity index (χ4v) is 1.89. The topological polar surface area (TPSA) is 82.0 Å². The second kappa shape index (κ2) is 4.69. The zero-order valence-electron chi connectivity index (χ0n) is 8.20. The van der Waals surface area contributed by atoms with E-state index in [2.05, 4.69) is 0 Å². The number of ether oxygens (including phenoxy) is 1. The molecule has 1 aliphatic rings. The van der Waals surface area contributed by atoms with Crippen LogP contribution < -0.4 is 0 Å². The molecule has 6 nitrogen and oxygen atoms in total. The average Bonchev–Trinajstić information content (AvgIpc) is 3.10. The van der Waals surface area contributed by atoms with Gasteiger partial charge in [-0.15, -0.1) is 0 Å². The van der Waals surface area contributed by atoms with Gasteiger partial charge in [-0.2, -0.15) is 0 Å². The van der Waals surface area contributed by atoms with Crippen LogP contribution in [0.3, 0.4) is 0 Å². The number of nitrogens with zero attached hydrogens (tertiary/aromatic N) is 1. The molecule has 1 aliphatic heterocycles. The molecule has 0 spiro atoms. The number of hydrogen-bond acceptors (Lipinski definition) is 5. The van der Waals surface area contributed by atoms with Crippen LogP contribution in [0.4, 0.5) is 5.69 Å². The maximum absolute atomic E-state index is 11.6. The summed E-state index contributed by atoms with van der Waals surface area (Å²) in [5.41, 5.74) is -0.0999. The average molecular weight is 243 g/mol. The van der Waals surface area contributed by atoms with Crippen LogP contribution in [0.5, 0.6) is 0 Å². The molecule has 0 saturated carbocycles. The van der Waals surface area contributed by atoms with Gasteiger partial charge in [-0.3, -0.25) is 14.3 Å². The molecule has 0 radical (unpaired) electrons. The van der Waals surface area contributed by atoms with Gasteiger partial charge in [0, 0.05) is 12.1 Å². The van der Waals surface area contributed by atoms with Crippen molar-refractivity contribution < 1.29 is 18.1 Å². The van der Waals surface area contributed by atoms with E-state index >= 15 is 0 Å². The maximum Gasteiger partial charge on any atom is 0.270 e. The van der Waals surface area contributed by atoms with Crippen LogP contribution in [-0.2, 0) is 20.0 Å². The van der Waals surface area contributed by atoms with Crippen molar-refractivity contribution in [3.05, 3.63) is 34.4 Å². The molecule has 1 aromatic rings. The van der Waals surface area contributed by atoms with E-state index in [0.717, 1.165) is 0 Å². The number of nitro benzene ring substituents is 1. The first-order valence-corrected chi connectivity index (χ1v) is 5.65. The highest BCUT2D eigenvalue weighted by atomic mass is 32.2. The van der Waals surface area contributed by atoms with Gasteiger partial charge in [-0.25, -0.2) is 4.21 Å². The molecule has 7 heteroatoms. The largest absolute Gasteiger partial charge is 0.371 e. The molecule has 1 heterocycles. The monoisotopic (exact) mass is 243 g/mol. The lowest BCUT2D eigenvalue weighted by molar-refractivity contribution is -0.385. The minimum atomic E-state index is -1.68. The Kier molecular flexibility index (Phi) is 3.28. The van der Waals surface area contributed by atoms with E-state index in [0.29, 0.717) is 6.61 Å². The van der Waals surface area contributed by atoms with Crippen LogP contribution in [0, 0.1) is 10.1 Å². The molecule has 0 N–H and O–H groups in total.